The van der Waals surface area contributed by atoms with Gasteiger partial charge in [0.1, 0.15) is 5.69 Å². The summed E-state index contributed by atoms with van der Waals surface area (Å²) in [6.07, 6.45) is 6.60. The molecule has 2 unspecified atom stereocenters. The topological polar surface area (TPSA) is 37.4 Å². The van der Waals surface area contributed by atoms with E-state index in [4.69, 9.17) is 4.74 Å². The molecule has 0 saturated carbocycles. The first-order valence-electron chi connectivity index (χ1n) is 7.62. The highest BCUT2D eigenvalue weighted by Gasteiger charge is 2.19. The Balaban J connectivity index is 2.11. The summed E-state index contributed by atoms with van der Waals surface area (Å²) in [5, 5.41) is 3.57. The van der Waals surface area contributed by atoms with Crippen LogP contribution in [0.25, 0.3) is 0 Å². The van der Waals surface area contributed by atoms with E-state index in [0.717, 1.165) is 17.9 Å². The van der Waals surface area contributed by atoms with Crippen molar-refractivity contribution in [3.8, 4) is 5.88 Å². The number of methoxy groups -OCH3 is 1. The van der Waals surface area contributed by atoms with Crippen LogP contribution in [0.15, 0.2) is 23.9 Å². The maximum absolute atomic E-state index is 5.41. The number of rotatable bonds is 5. The number of aromatic nitrogens is 1. The Labute approximate surface area is 128 Å². The lowest BCUT2D eigenvalue weighted by Gasteiger charge is -2.27. The standard InChI is InChI=1S/C17H27N3O/c1-12-8-13(2)10-14(9-12)11-19-16-15(20(3)4)6-7-18-17(16)21-5/h6-8,12,14,19H,9-11H2,1-5H3. The molecule has 1 aliphatic rings. The van der Waals surface area contributed by atoms with Gasteiger partial charge in [-0.1, -0.05) is 18.6 Å². The van der Waals surface area contributed by atoms with Gasteiger partial charge in [0.2, 0.25) is 5.88 Å². The third kappa shape index (κ3) is 3.90. The number of pyridine rings is 1. The zero-order valence-corrected chi connectivity index (χ0v) is 13.8. The Bertz CT molecular complexity index is 511. The van der Waals surface area contributed by atoms with Crippen LogP contribution in [0.3, 0.4) is 0 Å². The maximum atomic E-state index is 5.41. The Morgan fingerprint density at radius 2 is 2.19 bits per heavy atom. The maximum Gasteiger partial charge on any atom is 0.239 e. The van der Waals surface area contributed by atoms with E-state index < -0.39 is 0 Å². The zero-order valence-electron chi connectivity index (χ0n) is 13.8. The second kappa shape index (κ2) is 6.83. The van der Waals surface area contributed by atoms with E-state index in [9.17, 15) is 0 Å². The van der Waals surface area contributed by atoms with Gasteiger partial charge in [0.15, 0.2) is 0 Å². The fourth-order valence-electron chi connectivity index (χ4n) is 3.21. The summed E-state index contributed by atoms with van der Waals surface area (Å²) in [5.41, 5.74) is 3.61. The van der Waals surface area contributed by atoms with Gasteiger partial charge in [0.05, 0.1) is 12.8 Å². The minimum atomic E-state index is 0.664. The highest BCUT2D eigenvalue weighted by molar-refractivity contribution is 5.74. The molecular formula is C17H27N3O. The molecule has 116 valence electrons. The summed E-state index contributed by atoms with van der Waals surface area (Å²) in [6, 6.07) is 2.01. The number of ether oxygens (including phenoxy) is 1. The molecule has 2 rings (SSSR count). The molecule has 0 aromatic carbocycles. The summed E-state index contributed by atoms with van der Waals surface area (Å²) in [4.78, 5) is 6.40. The molecule has 1 aromatic rings. The van der Waals surface area contributed by atoms with Crippen molar-refractivity contribution in [2.75, 3.05) is 38.0 Å². The number of hydrogen-bond acceptors (Lipinski definition) is 4. The van der Waals surface area contributed by atoms with E-state index in [-0.39, 0.29) is 0 Å². The lowest BCUT2D eigenvalue weighted by Crippen LogP contribution is -2.22. The highest BCUT2D eigenvalue weighted by atomic mass is 16.5. The Morgan fingerprint density at radius 3 is 2.81 bits per heavy atom. The monoisotopic (exact) mass is 289 g/mol. The first-order chi connectivity index (χ1) is 10.0. The lowest BCUT2D eigenvalue weighted by molar-refractivity contribution is 0.397. The quantitative estimate of drug-likeness (QED) is 0.841. The molecule has 0 aliphatic heterocycles. The van der Waals surface area contributed by atoms with E-state index in [1.165, 1.54) is 18.4 Å². The van der Waals surface area contributed by atoms with E-state index in [2.05, 4.69) is 35.1 Å². The molecule has 1 aliphatic carbocycles. The average molecular weight is 289 g/mol. The molecule has 1 N–H and O–H groups in total. The smallest absolute Gasteiger partial charge is 0.239 e. The van der Waals surface area contributed by atoms with Crippen LogP contribution in [0.1, 0.15) is 26.7 Å². The molecule has 2 atom stereocenters. The molecule has 4 heteroatoms. The van der Waals surface area contributed by atoms with E-state index in [1.54, 1.807) is 13.3 Å². The SMILES string of the molecule is COc1nccc(N(C)C)c1NCC1CC(C)=CC(C)C1. The summed E-state index contributed by atoms with van der Waals surface area (Å²) in [5.74, 6) is 2.01. The summed E-state index contributed by atoms with van der Waals surface area (Å²) >= 11 is 0. The van der Waals surface area contributed by atoms with E-state index >= 15 is 0 Å². The van der Waals surface area contributed by atoms with E-state index in [1.807, 2.05) is 20.2 Å². The average Bonchev–Trinajstić information content (AvgIpc) is 2.43. The fraction of sp³-hybridized carbons (Fsp3) is 0.588. The molecule has 0 bridgehead atoms. The number of hydrogen-bond donors (Lipinski definition) is 1. The Kier molecular flexibility index (Phi) is 5.10. The number of allylic oxidation sites excluding steroid dienone is 2. The molecule has 0 spiro atoms. The number of anilines is 2. The Hall–Kier alpha value is -1.71. The largest absolute Gasteiger partial charge is 0.479 e. The van der Waals surface area contributed by atoms with Crippen molar-refractivity contribution in [1.29, 1.82) is 0 Å². The minimum absolute atomic E-state index is 0.664. The first kappa shape index (κ1) is 15.7. The van der Waals surface area contributed by atoms with Crippen molar-refractivity contribution in [2.45, 2.75) is 26.7 Å². The lowest BCUT2D eigenvalue weighted by atomic mass is 9.84. The van der Waals surface area contributed by atoms with Gasteiger partial charge < -0.3 is 15.0 Å². The summed E-state index contributed by atoms with van der Waals surface area (Å²) in [7, 11) is 5.74. The predicted octanol–water partition coefficient (Wildman–Crippen LogP) is 3.56. The number of nitrogens with one attached hydrogen (secondary N) is 1. The van der Waals surface area contributed by atoms with Gasteiger partial charge in [0.25, 0.3) is 0 Å². The van der Waals surface area contributed by atoms with Gasteiger partial charge >= 0.3 is 0 Å². The second-order valence-corrected chi connectivity index (χ2v) is 6.29. The molecule has 1 heterocycles. The molecule has 1 aromatic heterocycles. The summed E-state index contributed by atoms with van der Waals surface area (Å²) in [6.45, 7) is 5.49. The molecule has 21 heavy (non-hydrogen) atoms. The second-order valence-electron chi connectivity index (χ2n) is 6.29. The van der Waals surface area contributed by atoms with Crippen LogP contribution >= 0.6 is 0 Å². The van der Waals surface area contributed by atoms with E-state index in [0.29, 0.717) is 17.7 Å². The van der Waals surface area contributed by atoms with Crippen LogP contribution in [-0.2, 0) is 0 Å². The van der Waals surface area contributed by atoms with Gasteiger partial charge in [-0.3, -0.25) is 0 Å². The van der Waals surface area contributed by atoms with Crippen molar-refractivity contribution in [3.63, 3.8) is 0 Å². The third-order valence-corrected chi connectivity index (χ3v) is 4.02. The molecular weight excluding hydrogens is 262 g/mol. The molecule has 0 amide bonds. The normalized spacial score (nSPS) is 21.7. The molecule has 0 saturated heterocycles. The van der Waals surface area contributed by atoms with Crippen LogP contribution in [0, 0.1) is 11.8 Å². The highest BCUT2D eigenvalue weighted by Crippen LogP contribution is 2.34. The van der Waals surface area contributed by atoms with Crippen LogP contribution in [-0.4, -0.2) is 32.7 Å². The van der Waals surface area contributed by atoms with Crippen molar-refractivity contribution in [3.05, 3.63) is 23.9 Å². The van der Waals surface area contributed by atoms with Crippen molar-refractivity contribution < 1.29 is 4.74 Å². The first-order valence-corrected chi connectivity index (χ1v) is 7.62. The fourth-order valence-corrected chi connectivity index (χ4v) is 3.21. The van der Waals surface area contributed by atoms with Crippen LogP contribution in [0.5, 0.6) is 5.88 Å². The van der Waals surface area contributed by atoms with Gasteiger partial charge in [-0.15, -0.1) is 0 Å². The molecule has 0 fully saturated rings. The number of nitrogens with zero attached hydrogens (tertiary/aromatic N) is 2. The molecule has 0 radical (unpaired) electrons. The van der Waals surface area contributed by atoms with Crippen molar-refractivity contribution in [2.24, 2.45) is 11.8 Å². The van der Waals surface area contributed by atoms with Gasteiger partial charge in [-0.2, -0.15) is 0 Å². The zero-order chi connectivity index (χ0) is 15.4. The van der Waals surface area contributed by atoms with Crippen LogP contribution < -0.4 is 15.0 Å². The molecule has 4 nitrogen and oxygen atoms in total. The van der Waals surface area contributed by atoms with Crippen LogP contribution in [0.4, 0.5) is 11.4 Å². The van der Waals surface area contributed by atoms with Gasteiger partial charge in [-0.25, -0.2) is 4.98 Å². The van der Waals surface area contributed by atoms with Crippen molar-refractivity contribution in [1.82, 2.24) is 4.98 Å². The predicted molar refractivity (Wildman–Crippen MR) is 89.3 cm³/mol. The van der Waals surface area contributed by atoms with Gasteiger partial charge in [-0.05, 0) is 37.7 Å². The minimum Gasteiger partial charge on any atom is -0.479 e. The van der Waals surface area contributed by atoms with Crippen LogP contribution in [0.2, 0.25) is 0 Å². The summed E-state index contributed by atoms with van der Waals surface area (Å²) < 4.78 is 5.41. The Morgan fingerprint density at radius 1 is 1.43 bits per heavy atom. The third-order valence-electron chi connectivity index (χ3n) is 4.02. The van der Waals surface area contributed by atoms with Gasteiger partial charge in [0, 0.05) is 26.8 Å². The van der Waals surface area contributed by atoms with Crippen molar-refractivity contribution >= 4 is 11.4 Å².